The summed E-state index contributed by atoms with van der Waals surface area (Å²) < 4.78 is 0. The van der Waals surface area contributed by atoms with Crippen molar-refractivity contribution in [1.29, 1.82) is 0 Å². The van der Waals surface area contributed by atoms with Crippen molar-refractivity contribution in [3.8, 4) is 0 Å². The molecule has 22 heavy (non-hydrogen) atoms. The van der Waals surface area contributed by atoms with Gasteiger partial charge in [0.25, 0.3) is 0 Å². The third kappa shape index (κ3) is 3.00. The van der Waals surface area contributed by atoms with E-state index in [2.05, 4.69) is 9.80 Å². The zero-order valence-electron chi connectivity index (χ0n) is 13.5. The lowest BCUT2D eigenvalue weighted by Gasteiger charge is -2.57. The summed E-state index contributed by atoms with van der Waals surface area (Å²) in [4.78, 5) is 27.7. The van der Waals surface area contributed by atoms with Crippen LogP contribution in [0.4, 0.5) is 0 Å². The normalized spacial score (nSPS) is 35.0. The molecule has 0 aromatic rings. The Balaban J connectivity index is 1.77. The Morgan fingerprint density at radius 1 is 1.18 bits per heavy atom. The highest BCUT2D eigenvalue weighted by Gasteiger charge is 2.48. The highest BCUT2D eigenvalue weighted by molar-refractivity contribution is 5.74. The Morgan fingerprint density at radius 2 is 1.91 bits per heavy atom. The van der Waals surface area contributed by atoms with E-state index in [1.54, 1.807) is 6.92 Å². The lowest BCUT2D eigenvalue weighted by molar-refractivity contribution is -0.144. The van der Waals surface area contributed by atoms with Gasteiger partial charge in [0.05, 0.1) is 0 Å². The summed E-state index contributed by atoms with van der Waals surface area (Å²) in [6.45, 7) is 4.97. The molecule has 3 heterocycles. The molecule has 3 aliphatic heterocycles. The number of likely N-dealkylation sites (tertiary alicyclic amines) is 1. The molecule has 3 fully saturated rings. The van der Waals surface area contributed by atoms with Gasteiger partial charge in [0.1, 0.15) is 0 Å². The van der Waals surface area contributed by atoms with Crippen molar-refractivity contribution in [2.75, 3.05) is 19.6 Å². The van der Waals surface area contributed by atoms with Crippen molar-refractivity contribution >= 4 is 11.9 Å². The van der Waals surface area contributed by atoms with Crippen LogP contribution in [0.3, 0.4) is 0 Å². The van der Waals surface area contributed by atoms with Crippen LogP contribution in [0, 0.1) is 11.8 Å². The number of carboxylic acid groups (broad SMARTS) is 1. The summed E-state index contributed by atoms with van der Waals surface area (Å²) in [6, 6.07) is 0.881. The highest BCUT2D eigenvalue weighted by atomic mass is 16.4. The van der Waals surface area contributed by atoms with E-state index >= 15 is 0 Å². The van der Waals surface area contributed by atoms with Gasteiger partial charge in [-0.25, -0.2) is 0 Å². The Kier molecular flexibility index (Phi) is 4.71. The van der Waals surface area contributed by atoms with E-state index in [4.69, 9.17) is 5.11 Å². The molecule has 0 aromatic carbocycles. The van der Waals surface area contributed by atoms with Crippen LogP contribution in [0.5, 0.6) is 0 Å². The first-order valence-electron chi connectivity index (χ1n) is 8.81. The minimum Gasteiger partial charge on any atom is -0.481 e. The summed E-state index contributed by atoms with van der Waals surface area (Å²) >= 11 is 0. The van der Waals surface area contributed by atoms with Crippen LogP contribution >= 0.6 is 0 Å². The van der Waals surface area contributed by atoms with Crippen LogP contribution in [0.15, 0.2) is 0 Å². The first-order chi connectivity index (χ1) is 10.6. The zero-order chi connectivity index (χ0) is 15.7. The number of amides is 1. The van der Waals surface area contributed by atoms with Gasteiger partial charge in [0.15, 0.2) is 0 Å². The molecule has 124 valence electrons. The van der Waals surface area contributed by atoms with Gasteiger partial charge in [-0.15, -0.1) is 0 Å². The SMILES string of the molecule is CC(=O)N1CC2CCCN3CCCC(C23)C1CCCC(=O)O. The number of aliphatic carboxylic acids is 1. The number of carboxylic acids is 1. The Hall–Kier alpha value is -1.10. The Bertz CT molecular complexity index is 438. The number of nitrogens with zero attached hydrogens (tertiary/aromatic N) is 2. The van der Waals surface area contributed by atoms with Crippen LogP contribution in [0.2, 0.25) is 0 Å². The summed E-state index contributed by atoms with van der Waals surface area (Å²) in [5.74, 6) is 0.608. The van der Waals surface area contributed by atoms with Crippen LogP contribution in [0.1, 0.15) is 51.9 Å². The van der Waals surface area contributed by atoms with Crippen molar-refractivity contribution in [1.82, 2.24) is 9.80 Å². The Labute approximate surface area is 132 Å². The number of piperidine rings is 3. The second-order valence-corrected chi connectivity index (χ2v) is 7.26. The molecule has 3 aliphatic rings. The third-order valence-electron chi connectivity index (χ3n) is 5.97. The maximum atomic E-state index is 12.1. The van der Waals surface area contributed by atoms with Gasteiger partial charge in [-0.3, -0.25) is 14.5 Å². The van der Waals surface area contributed by atoms with E-state index in [-0.39, 0.29) is 18.4 Å². The van der Waals surface area contributed by atoms with E-state index in [1.165, 1.54) is 38.8 Å². The van der Waals surface area contributed by atoms with Gasteiger partial charge in [0.2, 0.25) is 5.91 Å². The van der Waals surface area contributed by atoms with Crippen molar-refractivity contribution in [3.05, 3.63) is 0 Å². The topological polar surface area (TPSA) is 60.9 Å². The van der Waals surface area contributed by atoms with Crippen LogP contribution in [-0.4, -0.2) is 58.5 Å². The van der Waals surface area contributed by atoms with E-state index < -0.39 is 5.97 Å². The monoisotopic (exact) mass is 308 g/mol. The summed E-state index contributed by atoms with van der Waals surface area (Å²) in [5.41, 5.74) is 0. The maximum absolute atomic E-state index is 12.1. The molecule has 1 N–H and O–H groups in total. The molecule has 0 saturated carbocycles. The lowest BCUT2D eigenvalue weighted by atomic mass is 9.69. The number of rotatable bonds is 4. The zero-order valence-corrected chi connectivity index (χ0v) is 13.5. The highest BCUT2D eigenvalue weighted by Crippen LogP contribution is 2.43. The molecule has 5 nitrogen and oxygen atoms in total. The summed E-state index contributed by atoms with van der Waals surface area (Å²) in [7, 11) is 0. The fraction of sp³-hybridized carbons (Fsp3) is 0.882. The molecule has 0 aromatic heterocycles. The molecule has 5 heteroatoms. The molecular weight excluding hydrogens is 280 g/mol. The maximum Gasteiger partial charge on any atom is 0.303 e. The summed E-state index contributed by atoms with van der Waals surface area (Å²) in [5, 5.41) is 8.89. The molecule has 3 rings (SSSR count). The van der Waals surface area contributed by atoms with Crippen molar-refractivity contribution in [2.45, 2.75) is 64.0 Å². The number of carbonyl (C=O) groups is 2. The lowest BCUT2D eigenvalue weighted by Crippen LogP contribution is -2.65. The third-order valence-corrected chi connectivity index (χ3v) is 5.97. The smallest absolute Gasteiger partial charge is 0.303 e. The standard InChI is InChI=1S/C17H28N2O3/c1-12(20)19-11-13-5-3-9-18-10-4-6-14(17(13)18)15(19)7-2-8-16(21)22/h13-15,17H,2-11H2,1H3,(H,21,22). The second kappa shape index (κ2) is 6.57. The molecule has 0 bridgehead atoms. The first kappa shape index (κ1) is 15.8. The predicted molar refractivity (Wildman–Crippen MR) is 83.5 cm³/mol. The predicted octanol–water partition coefficient (Wildman–Crippen LogP) is 1.96. The molecule has 1 amide bonds. The minimum absolute atomic E-state index is 0.168. The number of carbonyl (C=O) groups excluding carboxylic acids is 1. The fourth-order valence-corrected chi connectivity index (χ4v) is 5.19. The molecule has 3 saturated heterocycles. The van der Waals surface area contributed by atoms with E-state index in [0.717, 1.165) is 13.0 Å². The van der Waals surface area contributed by atoms with Gasteiger partial charge < -0.3 is 10.0 Å². The van der Waals surface area contributed by atoms with E-state index in [0.29, 0.717) is 24.3 Å². The first-order valence-corrected chi connectivity index (χ1v) is 8.81. The Morgan fingerprint density at radius 3 is 2.59 bits per heavy atom. The molecule has 0 spiro atoms. The molecule has 0 aliphatic carbocycles. The molecular formula is C17H28N2O3. The van der Waals surface area contributed by atoms with Gasteiger partial charge in [-0.1, -0.05) is 0 Å². The molecule has 0 radical (unpaired) electrons. The minimum atomic E-state index is -0.731. The van der Waals surface area contributed by atoms with Crippen molar-refractivity contribution in [3.63, 3.8) is 0 Å². The fourth-order valence-electron chi connectivity index (χ4n) is 5.19. The van der Waals surface area contributed by atoms with Crippen molar-refractivity contribution in [2.24, 2.45) is 11.8 Å². The van der Waals surface area contributed by atoms with Crippen LogP contribution in [-0.2, 0) is 9.59 Å². The quantitative estimate of drug-likeness (QED) is 0.862. The second-order valence-electron chi connectivity index (χ2n) is 7.26. The number of hydrogen-bond acceptors (Lipinski definition) is 3. The van der Waals surface area contributed by atoms with E-state index in [1.807, 2.05) is 0 Å². The number of hydrogen-bond donors (Lipinski definition) is 1. The van der Waals surface area contributed by atoms with Crippen LogP contribution < -0.4 is 0 Å². The summed E-state index contributed by atoms with van der Waals surface area (Å²) in [6.07, 6.45) is 6.64. The van der Waals surface area contributed by atoms with Crippen molar-refractivity contribution < 1.29 is 14.7 Å². The largest absolute Gasteiger partial charge is 0.481 e. The van der Waals surface area contributed by atoms with Crippen LogP contribution in [0.25, 0.3) is 0 Å². The van der Waals surface area contributed by atoms with Gasteiger partial charge >= 0.3 is 5.97 Å². The average molecular weight is 308 g/mol. The molecule has 4 atom stereocenters. The average Bonchev–Trinajstić information content (AvgIpc) is 2.49. The van der Waals surface area contributed by atoms with E-state index in [9.17, 15) is 9.59 Å². The van der Waals surface area contributed by atoms with Gasteiger partial charge in [-0.2, -0.15) is 0 Å². The van der Waals surface area contributed by atoms with Gasteiger partial charge in [0, 0.05) is 32.0 Å². The van der Waals surface area contributed by atoms with Gasteiger partial charge in [-0.05, 0) is 63.5 Å². The molecule has 4 unspecified atom stereocenters.